The fourth-order valence-electron chi connectivity index (χ4n) is 1.58. The largest absolute Gasteiger partial charge is 0.300 e. The molecule has 0 unspecified atom stereocenters. The maximum atomic E-state index is 11.1. The molecular weight excluding hydrogens is 184 g/mol. The van der Waals surface area contributed by atoms with E-state index in [0.29, 0.717) is 12.2 Å². The van der Waals surface area contributed by atoms with E-state index in [9.17, 15) is 4.79 Å². The lowest BCUT2D eigenvalue weighted by atomic mass is 10.0. The molecule has 0 aliphatic rings. The van der Waals surface area contributed by atoms with Crippen molar-refractivity contribution in [3.63, 3.8) is 0 Å². The highest BCUT2D eigenvalue weighted by Crippen LogP contribution is 2.08. The van der Waals surface area contributed by atoms with Crippen molar-refractivity contribution in [1.29, 1.82) is 0 Å². The highest BCUT2D eigenvalue weighted by atomic mass is 16.1. The monoisotopic (exact) mass is 204 g/mol. The fourth-order valence-corrected chi connectivity index (χ4v) is 1.58. The fraction of sp³-hybridized carbons (Fsp3) is 0.500. The van der Waals surface area contributed by atoms with Gasteiger partial charge in [-0.25, -0.2) is 0 Å². The number of benzene rings is 1. The van der Waals surface area contributed by atoms with Gasteiger partial charge in [0.15, 0.2) is 0 Å². The first-order valence-corrected chi connectivity index (χ1v) is 5.79. The zero-order valence-electron chi connectivity index (χ0n) is 9.75. The molecule has 0 aliphatic heterocycles. The van der Waals surface area contributed by atoms with Gasteiger partial charge >= 0.3 is 0 Å². The molecule has 0 atom stereocenters. The van der Waals surface area contributed by atoms with Crippen LogP contribution in [0.2, 0.25) is 0 Å². The van der Waals surface area contributed by atoms with Crippen LogP contribution in [0.5, 0.6) is 0 Å². The van der Waals surface area contributed by atoms with Gasteiger partial charge in [0, 0.05) is 12.8 Å². The normalized spacial score (nSPS) is 10.3. The summed E-state index contributed by atoms with van der Waals surface area (Å²) in [5.74, 6) is 0.388. The Morgan fingerprint density at radius 1 is 1.13 bits per heavy atom. The lowest BCUT2D eigenvalue weighted by Gasteiger charge is -2.01. The number of hydrogen-bond donors (Lipinski definition) is 0. The predicted molar refractivity (Wildman–Crippen MR) is 64.0 cm³/mol. The molecule has 0 aliphatic carbocycles. The number of aryl methyl sites for hydroxylation is 2. The van der Waals surface area contributed by atoms with Crippen LogP contribution in [0.1, 0.15) is 43.7 Å². The minimum atomic E-state index is 0.388. The van der Waals surface area contributed by atoms with E-state index in [4.69, 9.17) is 0 Å². The van der Waals surface area contributed by atoms with Crippen molar-refractivity contribution >= 4 is 5.78 Å². The summed E-state index contributed by atoms with van der Waals surface area (Å²) >= 11 is 0. The maximum Gasteiger partial charge on any atom is 0.132 e. The Kier molecular flexibility index (Phi) is 5.09. The van der Waals surface area contributed by atoms with Crippen LogP contribution in [-0.4, -0.2) is 5.78 Å². The van der Waals surface area contributed by atoms with E-state index in [-0.39, 0.29) is 0 Å². The van der Waals surface area contributed by atoms with Gasteiger partial charge in [-0.1, -0.05) is 36.8 Å². The summed E-state index contributed by atoms with van der Waals surface area (Å²) < 4.78 is 0. The number of ketones is 1. The molecule has 0 amide bonds. The van der Waals surface area contributed by atoms with Gasteiger partial charge in [0.1, 0.15) is 5.78 Å². The molecule has 0 saturated heterocycles. The molecule has 0 heterocycles. The summed E-state index contributed by atoms with van der Waals surface area (Å²) in [6.45, 7) is 4.03. The summed E-state index contributed by atoms with van der Waals surface area (Å²) in [6, 6.07) is 8.65. The van der Waals surface area contributed by atoms with Crippen molar-refractivity contribution in [2.75, 3.05) is 0 Å². The van der Waals surface area contributed by atoms with E-state index in [2.05, 4.69) is 31.2 Å². The Hall–Kier alpha value is -1.11. The smallest absolute Gasteiger partial charge is 0.132 e. The molecule has 1 aromatic rings. The summed E-state index contributed by atoms with van der Waals surface area (Å²) in [7, 11) is 0. The summed E-state index contributed by atoms with van der Waals surface area (Å²) in [5.41, 5.74) is 2.68. The number of hydrogen-bond acceptors (Lipinski definition) is 1. The average Bonchev–Trinajstić information content (AvgIpc) is 2.26. The van der Waals surface area contributed by atoms with E-state index in [0.717, 1.165) is 25.7 Å². The van der Waals surface area contributed by atoms with Gasteiger partial charge in [0.2, 0.25) is 0 Å². The number of Topliss-reactive ketones (excluding diaryl/α,β-unsaturated/α-hetero) is 1. The quantitative estimate of drug-likeness (QED) is 0.646. The molecule has 0 N–H and O–H groups in total. The third-order valence-corrected chi connectivity index (χ3v) is 2.69. The molecule has 1 aromatic carbocycles. The molecule has 0 bridgehead atoms. The molecule has 1 heteroatoms. The molecule has 0 saturated carbocycles. The van der Waals surface area contributed by atoms with Crippen molar-refractivity contribution in [2.24, 2.45) is 0 Å². The lowest BCUT2D eigenvalue weighted by Crippen LogP contribution is -1.95. The summed E-state index contributed by atoms with van der Waals surface area (Å²) in [6.07, 6.45) is 4.68. The highest BCUT2D eigenvalue weighted by Gasteiger charge is 1.98. The van der Waals surface area contributed by atoms with Crippen LogP contribution in [-0.2, 0) is 11.2 Å². The van der Waals surface area contributed by atoms with Crippen LogP contribution in [0.4, 0.5) is 0 Å². The number of carbonyl (C=O) groups is 1. The first-order valence-electron chi connectivity index (χ1n) is 5.79. The van der Waals surface area contributed by atoms with Crippen molar-refractivity contribution in [3.8, 4) is 0 Å². The third kappa shape index (κ3) is 4.78. The molecule has 0 spiro atoms. The molecule has 1 nitrogen and oxygen atoms in total. The Bertz CT molecular complexity index is 298. The molecule has 82 valence electrons. The first kappa shape index (κ1) is 12.0. The SMILES string of the molecule is CCC(=O)CCCCc1ccc(C)cc1. The third-order valence-electron chi connectivity index (χ3n) is 2.69. The second kappa shape index (κ2) is 6.39. The Balaban J connectivity index is 2.20. The van der Waals surface area contributed by atoms with Crippen molar-refractivity contribution in [2.45, 2.75) is 46.0 Å². The Morgan fingerprint density at radius 2 is 1.80 bits per heavy atom. The summed E-state index contributed by atoms with van der Waals surface area (Å²) in [4.78, 5) is 11.1. The molecular formula is C14H20O. The second-order valence-electron chi connectivity index (χ2n) is 4.08. The van der Waals surface area contributed by atoms with E-state index >= 15 is 0 Å². The van der Waals surface area contributed by atoms with Crippen LogP contribution < -0.4 is 0 Å². The molecule has 0 radical (unpaired) electrons. The topological polar surface area (TPSA) is 17.1 Å². The van der Waals surface area contributed by atoms with E-state index in [1.54, 1.807) is 0 Å². The molecule has 1 rings (SSSR count). The van der Waals surface area contributed by atoms with E-state index < -0.39 is 0 Å². The predicted octanol–water partition coefficient (Wildman–Crippen LogP) is 3.69. The zero-order chi connectivity index (χ0) is 11.1. The lowest BCUT2D eigenvalue weighted by molar-refractivity contribution is -0.118. The number of rotatable bonds is 6. The van der Waals surface area contributed by atoms with Crippen LogP contribution in [0.25, 0.3) is 0 Å². The minimum absolute atomic E-state index is 0.388. The van der Waals surface area contributed by atoms with Gasteiger partial charge < -0.3 is 0 Å². The van der Waals surface area contributed by atoms with Gasteiger partial charge in [0.05, 0.1) is 0 Å². The van der Waals surface area contributed by atoms with Crippen molar-refractivity contribution < 1.29 is 4.79 Å². The standard InChI is InChI=1S/C14H20O/c1-3-14(15)7-5-4-6-13-10-8-12(2)9-11-13/h8-11H,3-7H2,1-2H3. The number of unbranched alkanes of at least 4 members (excludes halogenated alkanes) is 1. The van der Waals surface area contributed by atoms with E-state index in [1.165, 1.54) is 11.1 Å². The Labute approximate surface area is 92.5 Å². The van der Waals surface area contributed by atoms with Crippen LogP contribution in [0, 0.1) is 6.92 Å². The Morgan fingerprint density at radius 3 is 2.40 bits per heavy atom. The summed E-state index contributed by atoms with van der Waals surface area (Å²) in [5, 5.41) is 0. The van der Waals surface area contributed by atoms with Crippen molar-refractivity contribution in [1.82, 2.24) is 0 Å². The molecule has 0 fully saturated rings. The average molecular weight is 204 g/mol. The van der Waals surface area contributed by atoms with Gasteiger partial charge in [-0.2, -0.15) is 0 Å². The van der Waals surface area contributed by atoms with E-state index in [1.807, 2.05) is 6.92 Å². The van der Waals surface area contributed by atoms with Crippen molar-refractivity contribution in [3.05, 3.63) is 35.4 Å². The maximum absolute atomic E-state index is 11.1. The van der Waals surface area contributed by atoms with Crippen LogP contribution in [0.3, 0.4) is 0 Å². The first-order chi connectivity index (χ1) is 7.22. The number of carbonyl (C=O) groups excluding carboxylic acids is 1. The van der Waals surface area contributed by atoms with Gasteiger partial charge in [-0.05, 0) is 31.7 Å². The molecule has 0 aromatic heterocycles. The van der Waals surface area contributed by atoms with Gasteiger partial charge in [-0.15, -0.1) is 0 Å². The second-order valence-corrected chi connectivity index (χ2v) is 4.08. The van der Waals surface area contributed by atoms with Crippen LogP contribution >= 0.6 is 0 Å². The van der Waals surface area contributed by atoms with Gasteiger partial charge in [-0.3, -0.25) is 4.79 Å². The zero-order valence-corrected chi connectivity index (χ0v) is 9.75. The van der Waals surface area contributed by atoms with Crippen LogP contribution in [0.15, 0.2) is 24.3 Å². The van der Waals surface area contributed by atoms with Gasteiger partial charge in [0.25, 0.3) is 0 Å². The highest BCUT2D eigenvalue weighted by molar-refractivity contribution is 5.77. The molecule has 15 heavy (non-hydrogen) atoms. The minimum Gasteiger partial charge on any atom is -0.300 e.